The van der Waals surface area contributed by atoms with E-state index in [0.717, 1.165) is 18.2 Å². The Morgan fingerprint density at radius 1 is 1.16 bits per heavy atom. The summed E-state index contributed by atoms with van der Waals surface area (Å²) >= 11 is 0. The molecule has 2 N–H and O–H groups in total. The molecule has 0 aliphatic carbocycles. The average molecular weight is 263 g/mol. The number of hydrogen-bond donors (Lipinski definition) is 1. The van der Waals surface area contributed by atoms with Gasteiger partial charge in [0.2, 0.25) is 0 Å². The standard InChI is InChI=1S/C14H11F2NO2/c1-8(18)11-4-3-10(7-13(11)17)19-14-6-9(15)2-5-12(14)16/h2-7H,17H2,1H3. The second-order valence-electron chi connectivity index (χ2n) is 3.98. The lowest BCUT2D eigenvalue weighted by Crippen LogP contribution is -2.00. The van der Waals surface area contributed by atoms with Gasteiger partial charge >= 0.3 is 0 Å². The van der Waals surface area contributed by atoms with Gasteiger partial charge in [-0.05, 0) is 31.2 Å². The Hall–Kier alpha value is -2.43. The molecule has 19 heavy (non-hydrogen) atoms. The van der Waals surface area contributed by atoms with Gasteiger partial charge in [0.05, 0.1) is 0 Å². The van der Waals surface area contributed by atoms with Crippen LogP contribution < -0.4 is 10.5 Å². The molecule has 0 aliphatic rings. The number of carbonyl (C=O) groups excluding carboxylic acids is 1. The molecule has 0 amide bonds. The number of nitrogen functional groups attached to an aromatic ring is 1. The number of ketones is 1. The van der Waals surface area contributed by atoms with Crippen molar-refractivity contribution in [3.63, 3.8) is 0 Å². The van der Waals surface area contributed by atoms with Crippen molar-refractivity contribution < 1.29 is 18.3 Å². The third-order valence-corrected chi connectivity index (χ3v) is 2.52. The molecule has 0 aliphatic heterocycles. The van der Waals surface area contributed by atoms with E-state index < -0.39 is 11.6 Å². The number of Topliss-reactive ketones (excluding diaryl/α,β-unsaturated/α-hetero) is 1. The summed E-state index contributed by atoms with van der Waals surface area (Å²) in [5.41, 5.74) is 6.25. The highest BCUT2D eigenvalue weighted by molar-refractivity contribution is 5.99. The minimum Gasteiger partial charge on any atom is -0.454 e. The Bertz CT molecular complexity index is 641. The number of anilines is 1. The van der Waals surface area contributed by atoms with Gasteiger partial charge in [0.1, 0.15) is 11.6 Å². The van der Waals surface area contributed by atoms with Crippen molar-refractivity contribution in [2.24, 2.45) is 0 Å². The second kappa shape index (κ2) is 5.06. The number of rotatable bonds is 3. The molecule has 0 saturated carbocycles. The summed E-state index contributed by atoms with van der Waals surface area (Å²) in [6.45, 7) is 1.39. The smallest absolute Gasteiger partial charge is 0.165 e. The number of ether oxygens (including phenoxy) is 1. The first-order chi connectivity index (χ1) is 8.97. The Morgan fingerprint density at radius 2 is 1.89 bits per heavy atom. The number of halogens is 2. The normalized spacial score (nSPS) is 10.3. The Morgan fingerprint density at radius 3 is 2.53 bits per heavy atom. The largest absolute Gasteiger partial charge is 0.454 e. The van der Waals surface area contributed by atoms with Gasteiger partial charge in [0.15, 0.2) is 17.3 Å². The van der Waals surface area contributed by atoms with Crippen molar-refractivity contribution in [2.45, 2.75) is 6.92 Å². The van der Waals surface area contributed by atoms with Crippen LogP contribution in [0.4, 0.5) is 14.5 Å². The van der Waals surface area contributed by atoms with Crippen molar-refractivity contribution in [3.8, 4) is 11.5 Å². The predicted molar refractivity (Wildman–Crippen MR) is 67.3 cm³/mol. The maximum atomic E-state index is 13.4. The van der Waals surface area contributed by atoms with E-state index in [0.29, 0.717) is 5.56 Å². The molecule has 2 aromatic carbocycles. The van der Waals surface area contributed by atoms with E-state index in [4.69, 9.17) is 10.5 Å². The topological polar surface area (TPSA) is 52.3 Å². The highest BCUT2D eigenvalue weighted by atomic mass is 19.1. The summed E-state index contributed by atoms with van der Waals surface area (Å²) in [7, 11) is 0. The van der Waals surface area contributed by atoms with Gasteiger partial charge in [-0.15, -0.1) is 0 Å². The van der Waals surface area contributed by atoms with Crippen LogP contribution in [0.3, 0.4) is 0 Å². The Labute approximate surface area is 108 Å². The van der Waals surface area contributed by atoms with Gasteiger partial charge in [-0.3, -0.25) is 4.79 Å². The summed E-state index contributed by atoms with van der Waals surface area (Å²) < 4.78 is 31.6. The van der Waals surface area contributed by atoms with Crippen molar-refractivity contribution >= 4 is 11.5 Å². The van der Waals surface area contributed by atoms with E-state index in [1.807, 2.05) is 0 Å². The molecule has 0 unspecified atom stereocenters. The van der Waals surface area contributed by atoms with Crippen LogP contribution in [0.5, 0.6) is 11.5 Å². The van der Waals surface area contributed by atoms with Crippen LogP contribution in [0, 0.1) is 11.6 Å². The highest BCUT2D eigenvalue weighted by Gasteiger charge is 2.09. The molecule has 2 aromatic rings. The van der Waals surface area contributed by atoms with E-state index >= 15 is 0 Å². The second-order valence-corrected chi connectivity index (χ2v) is 3.98. The minimum atomic E-state index is -0.685. The van der Waals surface area contributed by atoms with E-state index in [-0.39, 0.29) is 23.0 Å². The molecule has 3 nitrogen and oxygen atoms in total. The molecule has 0 saturated heterocycles. The molecule has 0 aromatic heterocycles. The maximum Gasteiger partial charge on any atom is 0.165 e. The monoisotopic (exact) mass is 263 g/mol. The first kappa shape index (κ1) is 13.0. The number of nitrogens with two attached hydrogens (primary N) is 1. The van der Waals surface area contributed by atoms with Crippen LogP contribution in [0.2, 0.25) is 0 Å². The first-order valence-corrected chi connectivity index (χ1v) is 5.51. The quantitative estimate of drug-likeness (QED) is 0.680. The Balaban J connectivity index is 2.31. The average Bonchev–Trinajstić information content (AvgIpc) is 2.33. The summed E-state index contributed by atoms with van der Waals surface area (Å²) in [6.07, 6.45) is 0. The molecule has 0 spiro atoms. The molecule has 98 valence electrons. The van der Waals surface area contributed by atoms with Gasteiger partial charge in [0.25, 0.3) is 0 Å². The lowest BCUT2D eigenvalue weighted by atomic mass is 10.1. The number of benzene rings is 2. The molecule has 2 rings (SSSR count). The first-order valence-electron chi connectivity index (χ1n) is 5.51. The summed E-state index contributed by atoms with van der Waals surface area (Å²) in [5.74, 6) is -1.48. The third-order valence-electron chi connectivity index (χ3n) is 2.52. The molecule has 0 heterocycles. The predicted octanol–water partition coefficient (Wildman–Crippen LogP) is 3.54. The van der Waals surface area contributed by atoms with Crippen molar-refractivity contribution in [2.75, 3.05) is 5.73 Å². The number of carbonyl (C=O) groups is 1. The zero-order valence-electron chi connectivity index (χ0n) is 10.1. The van der Waals surface area contributed by atoms with E-state index in [1.165, 1.54) is 25.1 Å². The highest BCUT2D eigenvalue weighted by Crippen LogP contribution is 2.28. The summed E-state index contributed by atoms with van der Waals surface area (Å²) in [5, 5.41) is 0. The van der Waals surface area contributed by atoms with Gasteiger partial charge in [-0.25, -0.2) is 8.78 Å². The minimum absolute atomic E-state index is 0.180. The number of hydrogen-bond acceptors (Lipinski definition) is 3. The van der Waals surface area contributed by atoms with Crippen LogP contribution in [0.1, 0.15) is 17.3 Å². The fourth-order valence-electron chi connectivity index (χ4n) is 1.61. The SMILES string of the molecule is CC(=O)c1ccc(Oc2cc(F)ccc2F)cc1N. The van der Waals surface area contributed by atoms with E-state index in [1.54, 1.807) is 0 Å². The van der Waals surface area contributed by atoms with Gasteiger partial charge in [0, 0.05) is 23.4 Å². The molecule has 5 heteroatoms. The molecule has 0 radical (unpaired) electrons. The van der Waals surface area contributed by atoms with E-state index in [2.05, 4.69) is 0 Å². The molecular formula is C14H11F2NO2. The van der Waals surface area contributed by atoms with Gasteiger partial charge < -0.3 is 10.5 Å². The van der Waals surface area contributed by atoms with Crippen LogP contribution in [0.25, 0.3) is 0 Å². The maximum absolute atomic E-state index is 13.4. The van der Waals surface area contributed by atoms with Crippen LogP contribution >= 0.6 is 0 Å². The van der Waals surface area contributed by atoms with Crippen molar-refractivity contribution in [1.82, 2.24) is 0 Å². The van der Waals surface area contributed by atoms with Crippen LogP contribution in [-0.2, 0) is 0 Å². The van der Waals surface area contributed by atoms with Gasteiger partial charge in [-0.2, -0.15) is 0 Å². The fraction of sp³-hybridized carbons (Fsp3) is 0.0714. The summed E-state index contributed by atoms with van der Waals surface area (Å²) in [6, 6.07) is 7.24. The lowest BCUT2D eigenvalue weighted by molar-refractivity contribution is 0.101. The van der Waals surface area contributed by atoms with E-state index in [9.17, 15) is 13.6 Å². The molecule has 0 bridgehead atoms. The zero-order chi connectivity index (χ0) is 14.0. The van der Waals surface area contributed by atoms with Gasteiger partial charge in [-0.1, -0.05) is 0 Å². The summed E-state index contributed by atoms with van der Waals surface area (Å²) in [4.78, 5) is 11.2. The van der Waals surface area contributed by atoms with Crippen LogP contribution in [0.15, 0.2) is 36.4 Å². The lowest BCUT2D eigenvalue weighted by Gasteiger charge is -2.09. The Kier molecular flexibility index (Phi) is 3.46. The molecule has 0 fully saturated rings. The van der Waals surface area contributed by atoms with Crippen LogP contribution in [-0.4, -0.2) is 5.78 Å². The van der Waals surface area contributed by atoms with Crippen molar-refractivity contribution in [1.29, 1.82) is 0 Å². The third kappa shape index (κ3) is 2.88. The fourth-order valence-corrected chi connectivity index (χ4v) is 1.61. The zero-order valence-corrected chi connectivity index (χ0v) is 10.1. The van der Waals surface area contributed by atoms with Crippen molar-refractivity contribution in [3.05, 3.63) is 53.6 Å². The molecule has 0 atom stereocenters. The molecular weight excluding hydrogens is 252 g/mol.